The highest BCUT2D eigenvalue weighted by Gasteiger charge is 2.23. The Kier molecular flexibility index (Phi) is 4.98. The van der Waals surface area contributed by atoms with E-state index in [9.17, 15) is 0 Å². The summed E-state index contributed by atoms with van der Waals surface area (Å²) in [6, 6.07) is 0.698. The van der Waals surface area contributed by atoms with Crippen molar-refractivity contribution in [3.63, 3.8) is 0 Å². The molecule has 16 heavy (non-hydrogen) atoms. The molecule has 0 aromatic rings. The molecule has 0 amide bonds. The molecule has 2 heterocycles. The Bertz CT molecular complexity index is 204. The van der Waals surface area contributed by atoms with Crippen LogP contribution in [0.3, 0.4) is 0 Å². The molecule has 3 atom stereocenters. The van der Waals surface area contributed by atoms with E-state index in [1.807, 2.05) is 0 Å². The van der Waals surface area contributed by atoms with E-state index >= 15 is 0 Å². The second-order valence-electron chi connectivity index (χ2n) is 5.50. The molecule has 2 rings (SSSR count). The van der Waals surface area contributed by atoms with Gasteiger partial charge in [-0.3, -0.25) is 0 Å². The predicted octanol–water partition coefficient (Wildman–Crippen LogP) is 2.20. The van der Waals surface area contributed by atoms with Crippen LogP contribution < -0.4 is 5.32 Å². The molecule has 2 fully saturated rings. The van der Waals surface area contributed by atoms with Crippen molar-refractivity contribution in [2.45, 2.75) is 43.9 Å². The molecular weight excluding hydrogens is 216 g/mol. The van der Waals surface area contributed by atoms with Crippen molar-refractivity contribution in [3.05, 3.63) is 0 Å². The number of nitrogens with zero attached hydrogens (tertiary/aromatic N) is 1. The van der Waals surface area contributed by atoms with E-state index in [2.05, 4.69) is 35.9 Å². The number of hydrogen-bond acceptors (Lipinski definition) is 3. The van der Waals surface area contributed by atoms with E-state index in [0.717, 1.165) is 11.2 Å². The molecule has 3 heteroatoms. The van der Waals surface area contributed by atoms with Gasteiger partial charge in [0.25, 0.3) is 0 Å². The minimum Gasteiger partial charge on any atom is -0.313 e. The van der Waals surface area contributed by atoms with Crippen LogP contribution in [-0.2, 0) is 0 Å². The first kappa shape index (κ1) is 12.7. The summed E-state index contributed by atoms with van der Waals surface area (Å²) >= 11 is 2.16. The maximum absolute atomic E-state index is 3.77. The largest absolute Gasteiger partial charge is 0.313 e. The summed E-state index contributed by atoms with van der Waals surface area (Å²) in [5, 5.41) is 4.66. The molecule has 0 radical (unpaired) electrons. The zero-order chi connectivity index (χ0) is 11.4. The smallest absolute Gasteiger partial charge is 0.0172 e. The molecule has 2 aliphatic heterocycles. The summed E-state index contributed by atoms with van der Waals surface area (Å²) in [5.74, 6) is 2.25. The van der Waals surface area contributed by atoms with Crippen LogP contribution >= 0.6 is 11.8 Å². The second-order valence-corrected chi connectivity index (χ2v) is 6.90. The highest BCUT2D eigenvalue weighted by Crippen LogP contribution is 2.26. The van der Waals surface area contributed by atoms with E-state index in [1.165, 1.54) is 51.1 Å². The van der Waals surface area contributed by atoms with E-state index < -0.39 is 0 Å². The average molecular weight is 242 g/mol. The fourth-order valence-electron chi connectivity index (χ4n) is 2.90. The van der Waals surface area contributed by atoms with Gasteiger partial charge in [0, 0.05) is 24.4 Å². The minimum absolute atomic E-state index is 0.698. The topological polar surface area (TPSA) is 15.3 Å². The van der Waals surface area contributed by atoms with E-state index in [-0.39, 0.29) is 0 Å². The van der Waals surface area contributed by atoms with Gasteiger partial charge < -0.3 is 10.2 Å². The Balaban J connectivity index is 1.67. The third-order valence-corrected chi connectivity index (χ3v) is 5.46. The average Bonchev–Trinajstić information content (AvgIpc) is 2.78. The van der Waals surface area contributed by atoms with Gasteiger partial charge in [-0.1, -0.05) is 0 Å². The first-order valence-corrected chi connectivity index (χ1v) is 7.84. The zero-order valence-corrected chi connectivity index (χ0v) is 11.6. The van der Waals surface area contributed by atoms with Gasteiger partial charge in [0.1, 0.15) is 0 Å². The van der Waals surface area contributed by atoms with Gasteiger partial charge in [-0.2, -0.15) is 11.8 Å². The Labute approximate surface area is 105 Å². The lowest BCUT2D eigenvalue weighted by molar-refractivity contribution is 0.179. The molecule has 0 spiro atoms. The Morgan fingerprint density at radius 3 is 2.94 bits per heavy atom. The van der Waals surface area contributed by atoms with Crippen molar-refractivity contribution >= 4 is 11.8 Å². The fraction of sp³-hybridized carbons (Fsp3) is 1.00. The van der Waals surface area contributed by atoms with Crippen molar-refractivity contribution in [2.24, 2.45) is 5.92 Å². The quantitative estimate of drug-likeness (QED) is 0.814. The van der Waals surface area contributed by atoms with Crippen molar-refractivity contribution < 1.29 is 0 Å². The molecule has 3 unspecified atom stereocenters. The van der Waals surface area contributed by atoms with Crippen molar-refractivity contribution in [3.8, 4) is 0 Å². The van der Waals surface area contributed by atoms with Crippen LogP contribution in [0.1, 0.15) is 32.6 Å². The van der Waals surface area contributed by atoms with Crippen LogP contribution in [0.2, 0.25) is 0 Å². The molecule has 0 saturated carbocycles. The monoisotopic (exact) mass is 242 g/mol. The van der Waals surface area contributed by atoms with Crippen LogP contribution in [-0.4, -0.2) is 48.6 Å². The highest BCUT2D eigenvalue weighted by atomic mass is 32.2. The summed E-state index contributed by atoms with van der Waals surface area (Å²) in [6.07, 6.45) is 5.65. The SMILES string of the molecule is CC(NCC1CCCS1)C1CCCN(C)C1. The van der Waals surface area contributed by atoms with Crippen LogP contribution in [0.4, 0.5) is 0 Å². The minimum atomic E-state index is 0.698. The Morgan fingerprint density at radius 2 is 2.25 bits per heavy atom. The number of nitrogens with one attached hydrogen (secondary N) is 1. The predicted molar refractivity (Wildman–Crippen MR) is 73.2 cm³/mol. The molecule has 0 aromatic carbocycles. The summed E-state index contributed by atoms with van der Waals surface area (Å²) in [7, 11) is 2.26. The van der Waals surface area contributed by atoms with Crippen LogP contribution in [0.15, 0.2) is 0 Å². The maximum Gasteiger partial charge on any atom is 0.0172 e. The van der Waals surface area contributed by atoms with E-state index in [0.29, 0.717) is 6.04 Å². The van der Waals surface area contributed by atoms with Crippen molar-refractivity contribution in [2.75, 3.05) is 32.4 Å². The van der Waals surface area contributed by atoms with Gasteiger partial charge in [0.15, 0.2) is 0 Å². The van der Waals surface area contributed by atoms with Gasteiger partial charge in [0.2, 0.25) is 0 Å². The fourth-order valence-corrected chi connectivity index (χ4v) is 4.12. The van der Waals surface area contributed by atoms with Crippen molar-refractivity contribution in [1.82, 2.24) is 10.2 Å². The zero-order valence-electron chi connectivity index (χ0n) is 10.7. The van der Waals surface area contributed by atoms with Gasteiger partial charge in [-0.15, -0.1) is 0 Å². The summed E-state index contributed by atoms with van der Waals surface area (Å²) in [6.45, 7) is 6.18. The molecule has 0 bridgehead atoms. The van der Waals surface area contributed by atoms with Crippen LogP contribution in [0.5, 0.6) is 0 Å². The van der Waals surface area contributed by atoms with E-state index in [4.69, 9.17) is 0 Å². The lowest BCUT2D eigenvalue weighted by Crippen LogP contribution is -2.44. The molecule has 2 aliphatic rings. The first-order chi connectivity index (χ1) is 7.75. The van der Waals surface area contributed by atoms with Crippen LogP contribution in [0.25, 0.3) is 0 Å². The molecule has 2 saturated heterocycles. The number of hydrogen-bond donors (Lipinski definition) is 1. The second kappa shape index (κ2) is 6.27. The number of piperidine rings is 1. The number of thioether (sulfide) groups is 1. The van der Waals surface area contributed by atoms with Gasteiger partial charge in [0.05, 0.1) is 0 Å². The maximum atomic E-state index is 3.77. The van der Waals surface area contributed by atoms with E-state index in [1.54, 1.807) is 0 Å². The summed E-state index contributed by atoms with van der Waals surface area (Å²) < 4.78 is 0. The van der Waals surface area contributed by atoms with Gasteiger partial charge in [-0.25, -0.2) is 0 Å². The summed E-state index contributed by atoms with van der Waals surface area (Å²) in [5.41, 5.74) is 0. The summed E-state index contributed by atoms with van der Waals surface area (Å²) in [4.78, 5) is 2.48. The highest BCUT2D eigenvalue weighted by molar-refractivity contribution is 8.00. The number of rotatable bonds is 4. The Hall–Kier alpha value is 0.270. The third kappa shape index (κ3) is 3.64. The lowest BCUT2D eigenvalue weighted by atomic mass is 9.92. The molecule has 1 N–H and O–H groups in total. The van der Waals surface area contributed by atoms with Crippen LogP contribution in [0, 0.1) is 5.92 Å². The Morgan fingerprint density at radius 1 is 1.38 bits per heavy atom. The molecule has 0 aliphatic carbocycles. The van der Waals surface area contributed by atoms with Gasteiger partial charge in [-0.05, 0) is 57.9 Å². The molecular formula is C13H26N2S. The standard InChI is InChI=1S/C13H26N2S/c1-11(12-5-3-7-15(2)10-12)14-9-13-6-4-8-16-13/h11-14H,3-10H2,1-2H3. The number of likely N-dealkylation sites (tertiary alicyclic amines) is 1. The van der Waals surface area contributed by atoms with Gasteiger partial charge >= 0.3 is 0 Å². The normalized spacial score (nSPS) is 34.1. The molecule has 0 aromatic heterocycles. The first-order valence-electron chi connectivity index (χ1n) is 6.79. The third-order valence-electron chi connectivity index (χ3n) is 4.06. The molecule has 2 nitrogen and oxygen atoms in total. The molecule has 94 valence electrons. The lowest BCUT2D eigenvalue weighted by Gasteiger charge is -2.34. The van der Waals surface area contributed by atoms with Crippen molar-refractivity contribution in [1.29, 1.82) is 0 Å².